The van der Waals surface area contributed by atoms with Gasteiger partial charge in [0.25, 0.3) is 0 Å². The average Bonchev–Trinajstić information content (AvgIpc) is 1.23. The van der Waals surface area contributed by atoms with Gasteiger partial charge < -0.3 is 0 Å². The zero-order valence-corrected chi connectivity index (χ0v) is 3.56. The Balaban J connectivity index is 2.27. The molecule has 0 N–H and O–H groups in total. The molecule has 0 aromatic heterocycles. The van der Waals surface area contributed by atoms with E-state index in [9.17, 15) is 9.18 Å². The summed E-state index contributed by atoms with van der Waals surface area (Å²) in [6.45, 7) is 0.838. The van der Waals surface area contributed by atoms with E-state index in [0.29, 0.717) is 18.2 Å². The minimum atomic E-state index is -1.51. The Bertz CT molecular complexity index is 90.9. The van der Waals surface area contributed by atoms with Crippen molar-refractivity contribution in [3.8, 4) is 0 Å². The summed E-state index contributed by atoms with van der Waals surface area (Å²) in [7, 11) is 0. The summed E-state index contributed by atoms with van der Waals surface area (Å²) < 4.78 is 11.3. The van der Waals surface area contributed by atoms with Gasteiger partial charge in [0.15, 0.2) is 0 Å². The molecule has 1 rings (SSSR count). The fourth-order valence-corrected chi connectivity index (χ4v) is 0.321. The van der Waals surface area contributed by atoms with Crippen molar-refractivity contribution in [3.63, 3.8) is 0 Å². The molecule has 0 bridgehead atoms. The lowest BCUT2D eigenvalue weighted by atomic mass is 10.6. The lowest BCUT2D eigenvalue weighted by Crippen LogP contribution is -2.41. The van der Waals surface area contributed by atoms with Gasteiger partial charge in [0.05, 0.1) is 13.2 Å². The van der Waals surface area contributed by atoms with Crippen LogP contribution in [0.4, 0.5) is 9.18 Å². The molecular weight excluding hydrogens is 101 g/mol. The highest BCUT2D eigenvalue weighted by molar-refractivity contribution is 5.65. The first kappa shape index (κ1) is 4.52. The SMILES string of the molecule is O=C(F)N1CCO1. The molecule has 1 amide bonds. The Morgan fingerprint density at radius 2 is 2.43 bits per heavy atom. The first-order valence-corrected chi connectivity index (χ1v) is 1.90. The van der Waals surface area contributed by atoms with Gasteiger partial charge in [-0.05, 0) is 0 Å². The second kappa shape index (κ2) is 1.46. The molecule has 0 aromatic carbocycles. The maximum absolute atomic E-state index is 11.3. The first-order chi connectivity index (χ1) is 3.30. The van der Waals surface area contributed by atoms with Crippen LogP contribution >= 0.6 is 0 Å². The highest BCUT2D eigenvalue weighted by atomic mass is 19.1. The van der Waals surface area contributed by atoms with Crippen molar-refractivity contribution in [1.82, 2.24) is 5.06 Å². The Morgan fingerprint density at radius 3 is 2.43 bits per heavy atom. The number of hydrogen-bond donors (Lipinski definition) is 0. The van der Waals surface area contributed by atoms with E-state index in [1.165, 1.54) is 0 Å². The van der Waals surface area contributed by atoms with Gasteiger partial charge in [0.2, 0.25) is 0 Å². The van der Waals surface area contributed by atoms with Crippen LogP contribution in [0.5, 0.6) is 0 Å². The third kappa shape index (κ3) is 0.691. The number of nitrogens with zero attached hydrogens (tertiary/aromatic N) is 1. The predicted molar refractivity (Wildman–Crippen MR) is 19.2 cm³/mol. The van der Waals surface area contributed by atoms with Gasteiger partial charge >= 0.3 is 6.16 Å². The number of amides is 1. The first-order valence-electron chi connectivity index (χ1n) is 1.90. The van der Waals surface area contributed by atoms with Crippen molar-refractivity contribution in [3.05, 3.63) is 0 Å². The zero-order valence-electron chi connectivity index (χ0n) is 3.56. The molecule has 1 aliphatic rings. The third-order valence-corrected chi connectivity index (χ3v) is 0.738. The van der Waals surface area contributed by atoms with Crippen LogP contribution in [0, 0.1) is 0 Å². The fraction of sp³-hybridized carbons (Fsp3) is 0.667. The molecule has 4 heteroatoms. The van der Waals surface area contributed by atoms with Crippen LogP contribution in [0.15, 0.2) is 0 Å². The number of hydrogen-bond acceptors (Lipinski definition) is 2. The highest BCUT2D eigenvalue weighted by Gasteiger charge is 2.20. The number of hydroxylamine groups is 2. The molecule has 3 nitrogen and oxygen atoms in total. The van der Waals surface area contributed by atoms with Crippen molar-refractivity contribution in [2.75, 3.05) is 13.2 Å². The van der Waals surface area contributed by atoms with E-state index in [2.05, 4.69) is 4.84 Å². The maximum Gasteiger partial charge on any atom is 0.424 e. The molecule has 0 saturated carbocycles. The summed E-state index contributed by atoms with van der Waals surface area (Å²) in [4.78, 5) is 13.9. The molecule has 0 unspecified atom stereocenters. The van der Waals surface area contributed by atoms with Crippen molar-refractivity contribution in [2.45, 2.75) is 0 Å². The second-order valence-corrected chi connectivity index (χ2v) is 1.19. The van der Waals surface area contributed by atoms with E-state index in [-0.39, 0.29) is 0 Å². The Labute approximate surface area is 39.6 Å². The van der Waals surface area contributed by atoms with Crippen LogP contribution in [0.25, 0.3) is 0 Å². The van der Waals surface area contributed by atoms with Gasteiger partial charge in [-0.15, -0.1) is 4.39 Å². The molecule has 0 radical (unpaired) electrons. The smallest absolute Gasteiger partial charge is 0.267 e. The van der Waals surface area contributed by atoms with E-state index in [0.717, 1.165) is 0 Å². The molecule has 40 valence electrons. The van der Waals surface area contributed by atoms with E-state index >= 15 is 0 Å². The van der Waals surface area contributed by atoms with Gasteiger partial charge in [-0.3, -0.25) is 4.84 Å². The number of carbonyl (C=O) groups excluding carboxylic acids is 1. The fourth-order valence-electron chi connectivity index (χ4n) is 0.321. The van der Waals surface area contributed by atoms with Crippen LogP contribution < -0.4 is 0 Å². The molecule has 0 aliphatic carbocycles. The second-order valence-electron chi connectivity index (χ2n) is 1.19. The molecular formula is C3H4FNO2. The van der Waals surface area contributed by atoms with Crippen molar-refractivity contribution in [1.29, 1.82) is 0 Å². The van der Waals surface area contributed by atoms with Crippen LogP contribution in [-0.4, -0.2) is 24.4 Å². The quantitative estimate of drug-likeness (QED) is 0.328. The van der Waals surface area contributed by atoms with E-state index in [1.54, 1.807) is 0 Å². The Kier molecular flexibility index (Phi) is 0.941. The summed E-state index contributed by atoms with van der Waals surface area (Å²) >= 11 is 0. The largest absolute Gasteiger partial charge is 0.424 e. The molecule has 0 atom stereocenters. The highest BCUT2D eigenvalue weighted by Crippen LogP contribution is 2.02. The molecule has 0 spiro atoms. The van der Waals surface area contributed by atoms with Crippen LogP contribution in [-0.2, 0) is 4.84 Å². The summed E-state index contributed by atoms with van der Waals surface area (Å²) in [5.41, 5.74) is 0. The number of halogens is 1. The van der Waals surface area contributed by atoms with E-state index in [1.807, 2.05) is 0 Å². The number of carbonyl (C=O) groups is 1. The third-order valence-electron chi connectivity index (χ3n) is 0.738. The van der Waals surface area contributed by atoms with Gasteiger partial charge in [0.1, 0.15) is 0 Å². The van der Waals surface area contributed by atoms with Gasteiger partial charge in [-0.1, -0.05) is 0 Å². The molecule has 7 heavy (non-hydrogen) atoms. The molecule has 1 saturated heterocycles. The zero-order chi connectivity index (χ0) is 5.28. The van der Waals surface area contributed by atoms with Gasteiger partial charge in [-0.25, -0.2) is 4.79 Å². The standard InChI is InChI=1S/C3H4FNO2/c4-3(6)5-1-2-7-5/h1-2H2. The number of rotatable bonds is 0. The Hall–Kier alpha value is -0.640. The van der Waals surface area contributed by atoms with E-state index in [4.69, 9.17) is 0 Å². The van der Waals surface area contributed by atoms with Gasteiger partial charge in [0, 0.05) is 0 Å². The van der Waals surface area contributed by atoms with E-state index < -0.39 is 6.16 Å². The van der Waals surface area contributed by atoms with Crippen molar-refractivity contribution < 1.29 is 14.0 Å². The van der Waals surface area contributed by atoms with Gasteiger partial charge in [-0.2, -0.15) is 5.06 Å². The minimum Gasteiger partial charge on any atom is -0.267 e. The minimum absolute atomic E-state index is 0.384. The van der Waals surface area contributed by atoms with Crippen LogP contribution in [0.3, 0.4) is 0 Å². The predicted octanol–water partition coefficient (Wildman–Crippen LogP) is 0.323. The molecule has 1 fully saturated rings. The van der Waals surface area contributed by atoms with Crippen LogP contribution in [0.2, 0.25) is 0 Å². The summed E-state index contributed by atoms with van der Waals surface area (Å²) in [5.74, 6) is 0. The lowest BCUT2D eigenvalue weighted by molar-refractivity contribution is -0.209. The topological polar surface area (TPSA) is 29.5 Å². The maximum atomic E-state index is 11.3. The molecule has 0 aromatic rings. The summed E-state index contributed by atoms with van der Waals surface area (Å²) in [6.07, 6.45) is -1.51. The normalized spacial score (nSPS) is 18.7. The lowest BCUT2D eigenvalue weighted by Gasteiger charge is -2.25. The molecule has 1 aliphatic heterocycles. The van der Waals surface area contributed by atoms with Crippen molar-refractivity contribution in [2.24, 2.45) is 0 Å². The summed E-state index contributed by atoms with van der Waals surface area (Å²) in [6, 6.07) is 0. The molecule has 1 heterocycles. The monoisotopic (exact) mass is 105 g/mol. The van der Waals surface area contributed by atoms with Crippen molar-refractivity contribution >= 4 is 6.16 Å². The average molecular weight is 105 g/mol. The van der Waals surface area contributed by atoms with Crippen LogP contribution in [0.1, 0.15) is 0 Å². The summed E-state index contributed by atoms with van der Waals surface area (Å²) in [5, 5.41) is 0.667. The Morgan fingerprint density at radius 1 is 1.86 bits per heavy atom.